The highest BCUT2D eigenvalue weighted by Crippen LogP contribution is 2.31. The minimum atomic E-state index is -3.15. The third-order valence-corrected chi connectivity index (χ3v) is 4.62. The first-order valence-corrected chi connectivity index (χ1v) is 8.83. The van der Waals surface area contributed by atoms with Crippen LogP contribution < -0.4 is 11.1 Å². The number of nitrogens with two attached hydrogens (primary N) is 1. The van der Waals surface area contributed by atoms with Crippen LogP contribution >= 0.6 is 0 Å². The van der Waals surface area contributed by atoms with Gasteiger partial charge < -0.3 is 16.2 Å². The summed E-state index contributed by atoms with van der Waals surface area (Å²) in [6, 6.07) is 6.11. The van der Waals surface area contributed by atoms with E-state index in [1.54, 1.807) is 0 Å². The number of carbonyl (C=O) groups is 1. The lowest BCUT2D eigenvalue weighted by molar-refractivity contribution is -0.123. The molecule has 21 heavy (non-hydrogen) atoms. The molecule has 1 aromatic carbocycles. The second kappa shape index (κ2) is 6.13. The van der Waals surface area contributed by atoms with E-state index < -0.39 is 33.9 Å². The van der Waals surface area contributed by atoms with E-state index in [4.69, 9.17) is 5.73 Å². The number of benzene rings is 1. The van der Waals surface area contributed by atoms with Gasteiger partial charge in [0.15, 0.2) is 0 Å². The van der Waals surface area contributed by atoms with Gasteiger partial charge in [-0.25, -0.2) is 8.42 Å². The summed E-state index contributed by atoms with van der Waals surface area (Å²) in [7, 11) is -3.15. The SMILES string of the molecule is CS(=O)(=O)CCC(N)C(=O)N[C@H]1c2ccccc2C[C@H]1O. The van der Waals surface area contributed by atoms with E-state index in [1.165, 1.54) is 0 Å². The average molecular weight is 312 g/mol. The molecule has 6 nitrogen and oxygen atoms in total. The van der Waals surface area contributed by atoms with Crippen molar-refractivity contribution in [1.82, 2.24) is 5.32 Å². The first kappa shape index (κ1) is 15.9. The minimum Gasteiger partial charge on any atom is -0.390 e. The monoisotopic (exact) mass is 312 g/mol. The Hall–Kier alpha value is -1.44. The number of carbonyl (C=O) groups excluding carboxylic acids is 1. The van der Waals surface area contributed by atoms with Crippen molar-refractivity contribution < 1.29 is 18.3 Å². The van der Waals surface area contributed by atoms with Gasteiger partial charge >= 0.3 is 0 Å². The third-order valence-electron chi connectivity index (χ3n) is 3.64. The maximum absolute atomic E-state index is 12.0. The van der Waals surface area contributed by atoms with E-state index in [1.807, 2.05) is 24.3 Å². The molecule has 0 saturated carbocycles. The minimum absolute atomic E-state index is 0.0646. The second-order valence-electron chi connectivity index (χ2n) is 5.48. The van der Waals surface area contributed by atoms with Crippen LogP contribution in [-0.4, -0.2) is 43.6 Å². The summed E-state index contributed by atoms with van der Waals surface area (Å²) in [5, 5.41) is 12.8. The predicted octanol–water partition coefficient (Wildman–Crippen LogP) is -0.477. The topological polar surface area (TPSA) is 109 Å². The molecule has 0 saturated heterocycles. The fourth-order valence-corrected chi connectivity index (χ4v) is 3.16. The van der Waals surface area contributed by atoms with Crippen molar-refractivity contribution in [2.24, 2.45) is 5.73 Å². The first-order valence-electron chi connectivity index (χ1n) is 6.77. The van der Waals surface area contributed by atoms with Crippen LogP contribution in [0.25, 0.3) is 0 Å². The van der Waals surface area contributed by atoms with E-state index in [0.717, 1.165) is 17.4 Å². The Morgan fingerprint density at radius 3 is 2.81 bits per heavy atom. The number of nitrogens with one attached hydrogen (secondary N) is 1. The van der Waals surface area contributed by atoms with Gasteiger partial charge in [0.25, 0.3) is 0 Å². The van der Waals surface area contributed by atoms with Gasteiger partial charge in [0.2, 0.25) is 5.91 Å². The molecular weight excluding hydrogens is 292 g/mol. The molecule has 0 aromatic heterocycles. The van der Waals surface area contributed by atoms with Crippen LogP contribution in [-0.2, 0) is 21.1 Å². The fourth-order valence-electron chi connectivity index (χ4n) is 2.48. The number of amides is 1. The smallest absolute Gasteiger partial charge is 0.237 e. The maximum Gasteiger partial charge on any atom is 0.237 e. The van der Waals surface area contributed by atoms with E-state index >= 15 is 0 Å². The molecular formula is C14H20N2O4S. The van der Waals surface area contributed by atoms with Crippen LogP contribution in [0.5, 0.6) is 0 Å². The molecule has 0 fully saturated rings. The largest absolute Gasteiger partial charge is 0.390 e. The molecule has 2 rings (SSSR count). The summed E-state index contributed by atoms with van der Waals surface area (Å²) in [6.45, 7) is 0. The zero-order valence-electron chi connectivity index (χ0n) is 11.8. The average Bonchev–Trinajstić information content (AvgIpc) is 2.71. The Morgan fingerprint density at radius 1 is 1.48 bits per heavy atom. The maximum atomic E-state index is 12.0. The van der Waals surface area contributed by atoms with Gasteiger partial charge in [-0.3, -0.25) is 4.79 Å². The summed E-state index contributed by atoms with van der Waals surface area (Å²) in [4.78, 5) is 12.0. The van der Waals surface area contributed by atoms with Gasteiger partial charge in [0.05, 0.1) is 23.9 Å². The molecule has 1 unspecified atom stereocenters. The van der Waals surface area contributed by atoms with Gasteiger partial charge in [-0.2, -0.15) is 0 Å². The Bertz CT molecular complexity index is 630. The highest BCUT2D eigenvalue weighted by atomic mass is 32.2. The molecule has 1 amide bonds. The highest BCUT2D eigenvalue weighted by Gasteiger charge is 2.32. The van der Waals surface area contributed by atoms with Gasteiger partial charge in [-0.1, -0.05) is 24.3 Å². The van der Waals surface area contributed by atoms with Crippen LogP contribution in [0, 0.1) is 0 Å². The van der Waals surface area contributed by atoms with Gasteiger partial charge in [-0.05, 0) is 17.5 Å². The molecule has 0 bridgehead atoms. The Labute approximate surface area is 124 Å². The van der Waals surface area contributed by atoms with Crippen LogP contribution in [0.3, 0.4) is 0 Å². The zero-order valence-corrected chi connectivity index (χ0v) is 12.6. The van der Waals surface area contributed by atoms with Crippen molar-refractivity contribution in [3.8, 4) is 0 Å². The van der Waals surface area contributed by atoms with E-state index in [2.05, 4.69) is 5.32 Å². The normalized spacial score (nSPS) is 22.6. The van der Waals surface area contributed by atoms with E-state index in [9.17, 15) is 18.3 Å². The molecule has 3 atom stereocenters. The van der Waals surface area contributed by atoms with E-state index in [0.29, 0.717) is 6.42 Å². The first-order chi connectivity index (χ1) is 9.78. The lowest BCUT2D eigenvalue weighted by Gasteiger charge is -2.20. The summed E-state index contributed by atoms with van der Waals surface area (Å²) in [5.74, 6) is -0.579. The number of aliphatic hydroxyl groups is 1. The summed E-state index contributed by atoms with van der Waals surface area (Å²) >= 11 is 0. The number of sulfone groups is 1. The molecule has 0 radical (unpaired) electrons. The molecule has 1 aromatic rings. The van der Waals surface area contributed by atoms with Crippen LogP contribution in [0.4, 0.5) is 0 Å². The third kappa shape index (κ3) is 4.03. The number of rotatable bonds is 5. The quantitative estimate of drug-likeness (QED) is 0.680. The van der Waals surface area contributed by atoms with E-state index in [-0.39, 0.29) is 12.2 Å². The van der Waals surface area contributed by atoms with Gasteiger partial charge in [-0.15, -0.1) is 0 Å². The number of hydrogen-bond donors (Lipinski definition) is 3. The Kier molecular flexibility index (Phi) is 4.65. The lowest BCUT2D eigenvalue weighted by Crippen LogP contribution is -2.45. The van der Waals surface area contributed by atoms with Gasteiger partial charge in [0.1, 0.15) is 9.84 Å². The fraction of sp³-hybridized carbons (Fsp3) is 0.500. The Balaban J connectivity index is 2.00. The van der Waals surface area contributed by atoms with Crippen molar-refractivity contribution >= 4 is 15.7 Å². The molecule has 1 aliphatic rings. The van der Waals surface area contributed by atoms with Gasteiger partial charge in [0, 0.05) is 12.7 Å². The predicted molar refractivity (Wildman–Crippen MR) is 79.3 cm³/mol. The number of aliphatic hydroxyl groups excluding tert-OH is 1. The Morgan fingerprint density at radius 2 is 2.14 bits per heavy atom. The zero-order chi connectivity index (χ0) is 15.6. The van der Waals surface area contributed by atoms with Crippen molar-refractivity contribution in [3.63, 3.8) is 0 Å². The van der Waals surface area contributed by atoms with Crippen LogP contribution in [0.2, 0.25) is 0 Å². The van der Waals surface area contributed by atoms with Crippen molar-refractivity contribution in [2.45, 2.75) is 31.0 Å². The molecule has 1 aliphatic carbocycles. The highest BCUT2D eigenvalue weighted by molar-refractivity contribution is 7.90. The van der Waals surface area contributed by atoms with Crippen LogP contribution in [0.15, 0.2) is 24.3 Å². The number of hydrogen-bond acceptors (Lipinski definition) is 5. The standard InChI is InChI=1S/C14H20N2O4S/c1-21(19,20)7-6-11(15)14(18)16-13-10-5-3-2-4-9(10)8-12(13)17/h2-5,11-13,17H,6-8,15H2,1H3,(H,16,18)/t11?,12-,13+/m1/s1. The molecule has 0 heterocycles. The van der Waals surface area contributed by atoms with Crippen molar-refractivity contribution in [2.75, 3.05) is 12.0 Å². The molecule has 4 N–H and O–H groups in total. The summed E-state index contributed by atoms with van der Waals surface area (Å²) < 4.78 is 22.2. The molecule has 116 valence electrons. The molecule has 7 heteroatoms. The van der Waals surface area contributed by atoms with Crippen molar-refractivity contribution in [3.05, 3.63) is 35.4 Å². The summed E-state index contributed by atoms with van der Waals surface area (Å²) in [6.07, 6.45) is 0.970. The number of fused-ring (bicyclic) bond motifs is 1. The summed E-state index contributed by atoms with van der Waals surface area (Å²) in [5.41, 5.74) is 7.59. The lowest BCUT2D eigenvalue weighted by atomic mass is 10.1. The van der Waals surface area contributed by atoms with Crippen molar-refractivity contribution in [1.29, 1.82) is 0 Å². The molecule has 0 aliphatic heterocycles. The van der Waals surface area contributed by atoms with Crippen LogP contribution in [0.1, 0.15) is 23.6 Å². The second-order valence-corrected chi connectivity index (χ2v) is 7.74. The molecule has 0 spiro atoms.